The predicted octanol–water partition coefficient (Wildman–Crippen LogP) is 2.06. The molecule has 0 aliphatic heterocycles. The van der Waals surface area contributed by atoms with Gasteiger partial charge in [-0.15, -0.1) is 0 Å². The van der Waals surface area contributed by atoms with Gasteiger partial charge in [0.25, 0.3) is 5.91 Å². The molecule has 1 heterocycles. The first-order chi connectivity index (χ1) is 15.9. The summed E-state index contributed by atoms with van der Waals surface area (Å²) < 4.78 is 0. The van der Waals surface area contributed by atoms with Gasteiger partial charge in [-0.05, 0) is 77.9 Å². The fraction of sp³-hybridized carbons (Fsp3) is 0.440. The normalized spacial score (nSPS) is 11.6. The van der Waals surface area contributed by atoms with E-state index in [0.29, 0.717) is 34.9 Å². The number of anilines is 1. The number of hydrogen-bond donors (Lipinski definition) is 4. The number of nitrogens with zero attached hydrogens (tertiary/aromatic N) is 2. The van der Waals surface area contributed by atoms with Gasteiger partial charge in [0.1, 0.15) is 0 Å². The van der Waals surface area contributed by atoms with Gasteiger partial charge in [0.2, 0.25) is 0 Å². The van der Waals surface area contributed by atoms with Crippen LogP contribution in [-0.4, -0.2) is 81.1 Å². The smallest absolute Gasteiger partial charge is 0.253 e. The lowest BCUT2D eigenvalue weighted by Crippen LogP contribution is -2.31. The number of benzene rings is 2. The molecule has 0 aliphatic rings. The number of rotatable bonds is 12. The predicted molar refractivity (Wildman–Crippen MR) is 137 cm³/mol. The first-order valence-electron chi connectivity index (χ1n) is 11.6. The number of hydrogen-bond acceptors (Lipinski definition) is 6. The van der Waals surface area contributed by atoms with Crippen molar-refractivity contribution in [3.05, 3.63) is 52.2 Å². The highest BCUT2D eigenvalue weighted by molar-refractivity contribution is 6.11. The number of fused-ring (bicyclic) bond motifs is 2. The lowest BCUT2D eigenvalue weighted by atomic mass is 10.0. The van der Waals surface area contributed by atoms with E-state index in [2.05, 4.69) is 27.6 Å². The summed E-state index contributed by atoms with van der Waals surface area (Å²) in [6, 6.07) is 11.0. The number of carbonyl (C=O) groups is 1. The van der Waals surface area contributed by atoms with E-state index in [9.17, 15) is 9.59 Å². The van der Waals surface area contributed by atoms with Gasteiger partial charge in [-0.3, -0.25) is 9.59 Å². The van der Waals surface area contributed by atoms with Crippen LogP contribution in [0.25, 0.3) is 21.8 Å². The minimum absolute atomic E-state index is 0.0788. The number of aromatic nitrogens is 1. The highest BCUT2D eigenvalue weighted by atomic mass is 16.1. The number of H-pyrrole nitrogens is 1. The van der Waals surface area contributed by atoms with Crippen LogP contribution < -0.4 is 21.8 Å². The first kappa shape index (κ1) is 24.7. The summed E-state index contributed by atoms with van der Waals surface area (Å²) in [4.78, 5) is 34.0. The summed E-state index contributed by atoms with van der Waals surface area (Å²) in [6.45, 7) is 4.60. The maximum atomic E-state index is 13.4. The summed E-state index contributed by atoms with van der Waals surface area (Å²) in [5, 5.41) is 7.50. The maximum Gasteiger partial charge on any atom is 0.253 e. The number of aromatic amines is 1. The van der Waals surface area contributed by atoms with Gasteiger partial charge in [0.15, 0.2) is 5.43 Å². The SMILES string of the molecule is CN(C)CCNC(=O)c1ccc(NCCCN(C)CCCN)c2c(=O)c3ccccc3[nH]c12. The van der Waals surface area contributed by atoms with Crippen LogP contribution in [0.3, 0.4) is 0 Å². The number of likely N-dealkylation sites (N-methyl/N-ethyl adjacent to an activating group) is 1. The molecule has 0 unspecified atom stereocenters. The second-order valence-electron chi connectivity index (χ2n) is 8.70. The quantitative estimate of drug-likeness (QED) is 0.248. The molecule has 1 amide bonds. The second kappa shape index (κ2) is 11.8. The largest absolute Gasteiger partial charge is 0.384 e. The first-order valence-corrected chi connectivity index (χ1v) is 11.6. The molecule has 3 rings (SSSR count). The van der Waals surface area contributed by atoms with Crippen LogP contribution in [0, 0.1) is 0 Å². The highest BCUT2D eigenvalue weighted by Crippen LogP contribution is 2.25. The van der Waals surface area contributed by atoms with Crippen molar-refractivity contribution in [3.8, 4) is 0 Å². The van der Waals surface area contributed by atoms with Crippen molar-refractivity contribution in [2.75, 3.05) is 65.7 Å². The molecule has 0 saturated carbocycles. The molecule has 178 valence electrons. The van der Waals surface area contributed by atoms with Crippen LogP contribution in [0.2, 0.25) is 0 Å². The molecule has 3 aromatic rings. The van der Waals surface area contributed by atoms with E-state index in [4.69, 9.17) is 5.73 Å². The Labute approximate surface area is 195 Å². The molecule has 0 aliphatic carbocycles. The van der Waals surface area contributed by atoms with Crippen molar-refractivity contribution in [2.45, 2.75) is 12.8 Å². The van der Waals surface area contributed by atoms with E-state index >= 15 is 0 Å². The number of pyridine rings is 1. The van der Waals surface area contributed by atoms with Crippen LogP contribution >= 0.6 is 0 Å². The minimum atomic E-state index is -0.194. The van der Waals surface area contributed by atoms with Gasteiger partial charge in [0, 0.05) is 36.2 Å². The molecule has 0 atom stereocenters. The molecule has 0 radical (unpaired) electrons. The monoisotopic (exact) mass is 452 g/mol. The van der Waals surface area contributed by atoms with E-state index in [1.54, 1.807) is 6.07 Å². The van der Waals surface area contributed by atoms with Gasteiger partial charge < -0.3 is 31.2 Å². The number of nitrogens with two attached hydrogens (primary N) is 1. The highest BCUT2D eigenvalue weighted by Gasteiger charge is 2.17. The van der Waals surface area contributed by atoms with E-state index in [1.165, 1.54) is 0 Å². The van der Waals surface area contributed by atoms with Crippen LogP contribution in [0.15, 0.2) is 41.2 Å². The van der Waals surface area contributed by atoms with Gasteiger partial charge in [-0.25, -0.2) is 0 Å². The Morgan fingerprint density at radius 1 is 1.00 bits per heavy atom. The minimum Gasteiger partial charge on any atom is -0.384 e. The fourth-order valence-corrected chi connectivity index (χ4v) is 3.90. The Balaban J connectivity index is 1.89. The molecule has 0 fully saturated rings. The third-order valence-corrected chi connectivity index (χ3v) is 5.73. The third kappa shape index (κ3) is 6.31. The van der Waals surface area contributed by atoms with Crippen molar-refractivity contribution >= 4 is 33.4 Å². The number of para-hydroxylation sites is 1. The third-order valence-electron chi connectivity index (χ3n) is 5.73. The standard InChI is InChI=1S/C25H36N6O2/c1-30(2)17-14-28-25(33)19-10-11-21(27-13-7-16-31(3)15-6-12-26)22-23(19)29-20-9-5-4-8-18(20)24(22)32/h4-5,8-11,27H,6-7,12-17,26H2,1-3H3,(H,28,33)(H,29,32). The maximum absolute atomic E-state index is 13.4. The number of nitrogens with one attached hydrogen (secondary N) is 3. The zero-order valence-electron chi connectivity index (χ0n) is 19.9. The average Bonchev–Trinajstić information content (AvgIpc) is 2.80. The van der Waals surface area contributed by atoms with Gasteiger partial charge in [-0.1, -0.05) is 12.1 Å². The molecule has 5 N–H and O–H groups in total. The molecule has 33 heavy (non-hydrogen) atoms. The van der Waals surface area contributed by atoms with Crippen LogP contribution in [-0.2, 0) is 0 Å². The number of carbonyl (C=O) groups excluding carboxylic acids is 1. The second-order valence-corrected chi connectivity index (χ2v) is 8.70. The average molecular weight is 453 g/mol. The van der Waals surface area contributed by atoms with Crippen LogP contribution in [0.1, 0.15) is 23.2 Å². The zero-order valence-corrected chi connectivity index (χ0v) is 19.9. The molecular formula is C25H36N6O2. The zero-order chi connectivity index (χ0) is 23.8. The Hall–Kier alpha value is -2.94. The molecule has 0 spiro atoms. The Bertz CT molecular complexity index is 1140. The lowest BCUT2D eigenvalue weighted by molar-refractivity contribution is 0.0952. The van der Waals surface area contributed by atoms with Crippen molar-refractivity contribution < 1.29 is 4.79 Å². The topological polar surface area (TPSA) is 106 Å². The summed E-state index contributed by atoms with van der Waals surface area (Å²) in [7, 11) is 6.01. The fourth-order valence-electron chi connectivity index (χ4n) is 3.90. The molecule has 8 heteroatoms. The molecule has 1 aromatic heterocycles. The molecule has 2 aromatic carbocycles. The van der Waals surface area contributed by atoms with E-state index in [0.717, 1.165) is 50.2 Å². The Morgan fingerprint density at radius 2 is 1.76 bits per heavy atom. The molecule has 0 saturated heterocycles. The lowest BCUT2D eigenvalue weighted by Gasteiger charge is -2.17. The van der Waals surface area contributed by atoms with Crippen LogP contribution in [0.5, 0.6) is 0 Å². The number of amides is 1. The van der Waals surface area contributed by atoms with E-state index in [1.807, 2.05) is 49.3 Å². The Kier molecular flexibility index (Phi) is 8.82. The van der Waals surface area contributed by atoms with Crippen molar-refractivity contribution in [3.63, 3.8) is 0 Å². The van der Waals surface area contributed by atoms with Crippen molar-refractivity contribution in [1.29, 1.82) is 0 Å². The molecule has 8 nitrogen and oxygen atoms in total. The van der Waals surface area contributed by atoms with Gasteiger partial charge in [-0.2, -0.15) is 0 Å². The summed E-state index contributed by atoms with van der Waals surface area (Å²) in [5.41, 5.74) is 8.00. The molecule has 0 bridgehead atoms. The Morgan fingerprint density at radius 3 is 2.52 bits per heavy atom. The summed E-state index contributed by atoms with van der Waals surface area (Å²) in [6.07, 6.45) is 1.91. The van der Waals surface area contributed by atoms with Crippen molar-refractivity contribution in [1.82, 2.24) is 20.1 Å². The van der Waals surface area contributed by atoms with Crippen LogP contribution in [0.4, 0.5) is 5.69 Å². The van der Waals surface area contributed by atoms with Gasteiger partial charge in [0.05, 0.1) is 16.5 Å². The van der Waals surface area contributed by atoms with E-state index in [-0.39, 0.29) is 11.3 Å². The summed E-state index contributed by atoms with van der Waals surface area (Å²) >= 11 is 0. The van der Waals surface area contributed by atoms with E-state index < -0.39 is 0 Å². The van der Waals surface area contributed by atoms with Crippen molar-refractivity contribution in [2.24, 2.45) is 5.73 Å². The van der Waals surface area contributed by atoms with Gasteiger partial charge >= 0.3 is 0 Å². The molecular weight excluding hydrogens is 416 g/mol. The summed E-state index contributed by atoms with van der Waals surface area (Å²) in [5.74, 6) is -0.194.